The van der Waals surface area contributed by atoms with Crippen LogP contribution >= 0.6 is 0 Å². The summed E-state index contributed by atoms with van der Waals surface area (Å²) in [5.41, 5.74) is 1.57. The molecule has 2 aliphatic heterocycles. The van der Waals surface area contributed by atoms with E-state index in [1.165, 1.54) is 15.9 Å². The first-order valence-electron chi connectivity index (χ1n) is 10.8. The molecule has 166 valence electrons. The second-order valence-corrected chi connectivity index (χ2v) is 9.98. The third-order valence-corrected chi connectivity index (χ3v) is 7.72. The molecule has 2 aliphatic rings. The van der Waals surface area contributed by atoms with Gasteiger partial charge < -0.3 is 10.1 Å². The molecule has 8 heteroatoms. The Hall–Kier alpha value is -2.26. The van der Waals surface area contributed by atoms with Crippen molar-refractivity contribution < 1.29 is 17.9 Å². The van der Waals surface area contributed by atoms with Crippen molar-refractivity contribution in [1.82, 2.24) is 14.5 Å². The minimum atomic E-state index is -3.64. The van der Waals surface area contributed by atoms with Crippen molar-refractivity contribution in [3.8, 4) is 0 Å². The van der Waals surface area contributed by atoms with Gasteiger partial charge in [-0.1, -0.05) is 36.4 Å². The highest BCUT2D eigenvalue weighted by Crippen LogP contribution is 2.20. The number of sulfonamides is 1. The van der Waals surface area contributed by atoms with Gasteiger partial charge in [0.1, 0.15) is 0 Å². The Labute approximate surface area is 184 Å². The standard InChI is InChI=1S/C23H29N3O4S/c27-23(24-17-21-9-5-15-30-21)20-8-4-10-22(16-20)31(28,29)26-13-11-25(12-14-26)18-19-6-2-1-3-7-19/h1-4,6-8,10,16,21H,5,9,11-15,17-18H2,(H,24,27). The molecule has 2 heterocycles. The van der Waals surface area contributed by atoms with Gasteiger partial charge in [-0.25, -0.2) is 8.42 Å². The van der Waals surface area contributed by atoms with Crippen LogP contribution in [0.5, 0.6) is 0 Å². The van der Waals surface area contributed by atoms with Crippen LogP contribution in [0.15, 0.2) is 59.5 Å². The lowest BCUT2D eigenvalue weighted by Gasteiger charge is -2.34. The van der Waals surface area contributed by atoms with E-state index in [0.717, 1.165) is 26.0 Å². The van der Waals surface area contributed by atoms with Gasteiger partial charge in [-0.05, 0) is 36.6 Å². The third kappa shape index (κ3) is 5.51. The van der Waals surface area contributed by atoms with E-state index in [1.54, 1.807) is 18.2 Å². The molecule has 0 bridgehead atoms. The molecular formula is C23H29N3O4S. The molecule has 1 unspecified atom stereocenters. The van der Waals surface area contributed by atoms with Crippen molar-refractivity contribution in [2.45, 2.75) is 30.4 Å². The maximum absolute atomic E-state index is 13.1. The average molecular weight is 444 g/mol. The molecule has 0 radical (unpaired) electrons. The predicted molar refractivity (Wildman–Crippen MR) is 118 cm³/mol. The molecule has 1 N–H and O–H groups in total. The van der Waals surface area contributed by atoms with Crippen molar-refractivity contribution in [2.75, 3.05) is 39.3 Å². The van der Waals surface area contributed by atoms with Gasteiger partial charge in [-0.2, -0.15) is 4.31 Å². The zero-order chi connectivity index (χ0) is 21.7. The molecule has 2 aromatic carbocycles. The minimum Gasteiger partial charge on any atom is -0.376 e. The number of benzene rings is 2. The van der Waals surface area contributed by atoms with Crippen molar-refractivity contribution in [3.05, 3.63) is 65.7 Å². The number of hydrogen-bond acceptors (Lipinski definition) is 5. The van der Waals surface area contributed by atoms with Crippen LogP contribution in [0.1, 0.15) is 28.8 Å². The molecule has 0 saturated carbocycles. The summed E-state index contributed by atoms with van der Waals surface area (Å²) < 4.78 is 33.3. The molecule has 4 rings (SSSR count). The van der Waals surface area contributed by atoms with Crippen LogP contribution < -0.4 is 5.32 Å². The smallest absolute Gasteiger partial charge is 0.251 e. The predicted octanol–water partition coefficient (Wildman–Crippen LogP) is 2.10. The summed E-state index contributed by atoms with van der Waals surface area (Å²) >= 11 is 0. The molecule has 0 spiro atoms. The number of hydrogen-bond donors (Lipinski definition) is 1. The van der Waals surface area contributed by atoms with E-state index < -0.39 is 10.0 Å². The number of rotatable bonds is 7. The molecule has 0 aromatic heterocycles. The van der Waals surface area contributed by atoms with Gasteiger partial charge in [0.2, 0.25) is 10.0 Å². The SMILES string of the molecule is O=C(NCC1CCCO1)c1cccc(S(=O)(=O)N2CCN(Cc3ccccc3)CC2)c1. The number of amides is 1. The lowest BCUT2D eigenvalue weighted by Crippen LogP contribution is -2.48. The normalized spacial score (nSPS) is 20.6. The van der Waals surface area contributed by atoms with Gasteiger partial charge in [0, 0.05) is 51.4 Å². The highest BCUT2D eigenvalue weighted by molar-refractivity contribution is 7.89. The fourth-order valence-corrected chi connectivity index (χ4v) is 5.50. The van der Waals surface area contributed by atoms with Gasteiger partial charge in [0.25, 0.3) is 5.91 Å². The van der Waals surface area contributed by atoms with Crippen LogP contribution in [0.2, 0.25) is 0 Å². The van der Waals surface area contributed by atoms with E-state index in [1.807, 2.05) is 18.2 Å². The summed E-state index contributed by atoms with van der Waals surface area (Å²) in [5, 5.41) is 2.85. The largest absolute Gasteiger partial charge is 0.376 e. The maximum atomic E-state index is 13.1. The molecule has 2 saturated heterocycles. The monoisotopic (exact) mass is 443 g/mol. The van der Waals surface area contributed by atoms with Crippen LogP contribution in [-0.4, -0.2) is 69.0 Å². The molecular weight excluding hydrogens is 414 g/mol. The van der Waals surface area contributed by atoms with Crippen LogP contribution in [0, 0.1) is 0 Å². The zero-order valence-corrected chi connectivity index (χ0v) is 18.4. The molecule has 2 fully saturated rings. The Morgan fingerprint density at radius 1 is 1.03 bits per heavy atom. The number of piperazine rings is 1. The number of nitrogens with one attached hydrogen (secondary N) is 1. The Morgan fingerprint density at radius 3 is 2.52 bits per heavy atom. The van der Waals surface area contributed by atoms with Crippen LogP contribution in [0.25, 0.3) is 0 Å². The van der Waals surface area contributed by atoms with Gasteiger partial charge in [0.05, 0.1) is 11.0 Å². The second-order valence-electron chi connectivity index (χ2n) is 8.04. The lowest BCUT2D eigenvalue weighted by atomic mass is 10.2. The zero-order valence-electron chi connectivity index (χ0n) is 17.6. The Morgan fingerprint density at radius 2 is 1.81 bits per heavy atom. The molecule has 1 atom stereocenters. The van der Waals surface area contributed by atoms with Crippen LogP contribution in [0.3, 0.4) is 0 Å². The van der Waals surface area contributed by atoms with Crippen LogP contribution in [-0.2, 0) is 21.3 Å². The maximum Gasteiger partial charge on any atom is 0.251 e. The highest BCUT2D eigenvalue weighted by Gasteiger charge is 2.29. The quantitative estimate of drug-likeness (QED) is 0.709. The molecule has 0 aliphatic carbocycles. The van der Waals surface area contributed by atoms with E-state index in [0.29, 0.717) is 38.3 Å². The number of carbonyl (C=O) groups excluding carboxylic acids is 1. The second kappa shape index (κ2) is 9.91. The van der Waals surface area contributed by atoms with Gasteiger partial charge >= 0.3 is 0 Å². The number of nitrogens with zero attached hydrogens (tertiary/aromatic N) is 2. The minimum absolute atomic E-state index is 0.0445. The van der Waals surface area contributed by atoms with Gasteiger partial charge in [0.15, 0.2) is 0 Å². The van der Waals surface area contributed by atoms with Crippen molar-refractivity contribution in [3.63, 3.8) is 0 Å². The van der Waals surface area contributed by atoms with Gasteiger partial charge in [-0.3, -0.25) is 9.69 Å². The fourth-order valence-electron chi connectivity index (χ4n) is 4.03. The first-order valence-corrected chi connectivity index (χ1v) is 12.2. The summed E-state index contributed by atoms with van der Waals surface area (Å²) in [6.07, 6.45) is 1.99. The third-order valence-electron chi connectivity index (χ3n) is 5.83. The van der Waals surface area contributed by atoms with Crippen molar-refractivity contribution >= 4 is 15.9 Å². The van der Waals surface area contributed by atoms with E-state index in [4.69, 9.17) is 4.74 Å². The van der Waals surface area contributed by atoms with E-state index in [9.17, 15) is 13.2 Å². The van der Waals surface area contributed by atoms with Crippen LogP contribution in [0.4, 0.5) is 0 Å². The molecule has 2 aromatic rings. The first kappa shape index (κ1) is 22.0. The lowest BCUT2D eigenvalue weighted by molar-refractivity contribution is 0.0857. The first-order chi connectivity index (χ1) is 15.0. The number of ether oxygens (including phenoxy) is 1. The van der Waals surface area contributed by atoms with Crippen molar-refractivity contribution in [2.24, 2.45) is 0 Å². The fraction of sp³-hybridized carbons (Fsp3) is 0.435. The Bertz CT molecular complexity index is 983. The summed E-state index contributed by atoms with van der Waals surface area (Å²) in [4.78, 5) is 14.9. The summed E-state index contributed by atoms with van der Waals surface area (Å²) in [7, 11) is -3.64. The highest BCUT2D eigenvalue weighted by atomic mass is 32.2. The number of carbonyl (C=O) groups is 1. The summed E-state index contributed by atoms with van der Waals surface area (Å²) in [6, 6.07) is 16.5. The topological polar surface area (TPSA) is 78.9 Å². The van der Waals surface area contributed by atoms with Gasteiger partial charge in [-0.15, -0.1) is 0 Å². The summed E-state index contributed by atoms with van der Waals surface area (Å²) in [5.74, 6) is -0.278. The Balaban J connectivity index is 1.36. The average Bonchev–Trinajstić information content (AvgIpc) is 3.32. The molecule has 31 heavy (non-hydrogen) atoms. The molecule has 1 amide bonds. The van der Waals surface area contributed by atoms with E-state index >= 15 is 0 Å². The van der Waals surface area contributed by atoms with E-state index in [2.05, 4.69) is 22.3 Å². The van der Waals surface area contributed by atoms with E-state index in [-0.39, 0.29) is 16.9 Å². The Kier molecular flexibility index (Phi) is 7.02. The van der Waals surface area contributed by atoms with Crippen molar-refractivity contribution in [1.29, 1.82) is 0 Å². The summed E-state index contributed by atoms with van der Waals surface area (Å²) in [6.45, 7) is 4.21. The molecule has 7 nitrogen and oxygen atoms in total.